The van der Waals surface area contributed by atoms with E-state index in [9.17, 15) is 0 Å². The second-order valence-electron chi connectivity index (χ2n) is 5.67. The van der Waals surface area contributed by atoms with Gasteiger partial charge in [-0.2, -0.15) is 11.8 Å². The third-order valence-electron chi connectivity index (χ3n) is 4.38. The standard InChI is InChI=1S/C14H27NOS/c1-14(9-5-11-17-14)13(15-2)8-3-6-12-7-4-10-16-12/h12-13,15H,3-11H2,1-2H3. The molecular weight excluding hydrogens is 230 g/mol. The molecule has 3 atom stereocenters. The Morgan fingerprint density at radius 2 is 2.35 bits per heavy atom. The SMILES string of the molecule is CNC(CCCC1CCCO1)C1(C)CCCS1. The van der Waals surface area contributed by atoms with Crippen molar-refractivity contribution >= 4 is 11.8 Å². The average molecular weight is 257 g/mol. The lowest BCUT2D eigenvalue weighted by molar-refractivity contribution is 0.101. The Balaban J connectivity index is 1.71. The van der Waals surface area contributed by atoms with Gasteiger partial charge in [-0.25, -0.2) is 0 Å². The lowest BCUT2D eigenvalue weighted by atomic mass is 9.91. The zero-order valence-corrected chi connectivity index (χ0v) is 12.2. The highest BCUT2D eigenvalue weighted by Crippen LogP contribution is 2.41. The van der Waals surface area contributed by atoms with Crippen LogP contribution < -0.4 is 5.32 Å². The van der Waals surface area contributed by atoms with Crippen LogP contribution in [0.4, 0.5) is 0 Å². The molecule has 2 rings (SSSR count). The summed E-state index contributed by atoms with van der Waals surface area (Å²) in [5.41, 5.74) is 0. The first-order valence-corrected chi connectivity index (χ1v) is 8.16. The third kappa shape index (κ3) is 3.62. The molecule has 17 heavy (non-hydrogen) atoms. The molecule has 2 aliphatic rings. The van der Waals surface area contributed by atoms with Crippen LogP contribution in [0.1, 0.15) is 51.9 Å². The summed E-state index contributed by atoms with van der Waals surface area (Å²) in [5, 5.41) is 3.55. The van der Waals surface area contributed by atoms with Gasteiger partial charge in [-0.3, -0.25) is 0 Å². The van der Waals surface area contributed by atoms with Gasteiger partial charge in [0.1, 0.15) is 0 Å². The van der Waals surface area contributed by atoms with E-state index >= 15 is 0 Å². The molecule has 2 fully saturated rings. The van der Waals surface area contributed by atoms with Gasteiger partial charge >= 0.3 is 0 Å². The normalized spacial score (nSPS) is 35.3. The van der Waals surface area contributed by atoms with Crippen molar-refractivity contribution < 1.29 is 4.74 Å². The van der Waals surface area contributed by atoms with Gasteiger partial charge in [0.25, 0.3) is 0 Å². The van der Waals surface area contributed by atoms with Crippen LogP contribution >= 0.6 is 11.8 Å². The van der Waals surface area contributed by atoms with E-state index in [0.717, 1.165) is 6.61 Å². The Bertz CT molecular complexity index is 222. The van der Waals surface area contributed by atoms with E-state index < -0.39 is 0 Å². The zero-order valence-electron chi connectivity index (χ0n) is 11.3. The van der Waals surface area contributed by atoms with Crippen LogP contribution in [0.25, 0.3) is 0 Å². The molecule has 100 valence electrons. The van der Waals surface area contributed by atoms with E-state index in [1.807, 2.05) is 0 Å². The monoisotopic (exact) mass is 257 g/mol. The third-order valence-corrected chi connectivity index (χ3v) is 6.02. The summed E-state index contributed by atoms with van der Waals surface area (Å²) >= 11 is 2.17. The first-order chi connectivity index (χ1) is 8.24. The molecule has 0 spiro atoms. The van der Waals surface area contributed by atoms with Crippen LogP contribution in [-0.2, 0) is 4.74 Å². The zero-order chi connectivity index (χ0) is 12.1. The maximum atomic E-state index is 5.69. The molecule has 0 aromatic carbocycles. The minimum Gasteiger partial charge on any atom is -0.378 e. The molecule has 0 bridgehead atoms. The molecule has 2 aliphatic heterocycles. The fourth-order valence-electron chi connectivity index (χ4n) is 3.25. The molecule has 2 nitrogen and oxygen atoms in total. The largest absolute Gasteiger partial charge is 0.378 e. The fourth-order valence-corrected chi connectivity index (χ4v) is 4.73. The van der Waals surface area contributed by atoms with E-state index in [1.165, 1.54) is 50.7 Å². The molecule has 1 N–H and O–H groups in total. The molecule has 2 saturated heterocycles. The highest BCUT2D eigenvalue weighted by Gasteiger charge is 2.36. The Labute approximate surface area is 110 Å². The van der Waals surface area contributed by atoms with E-state index in [2.05, 4.69) is 31.1 Å². The number of rotatable bonds is 6. The quantitative estimate of drug-likeness (QED) is 0.789. The van der Waals surface area contributed by atoms with Gasteiger partial charge < -0.3 is 10.1 Å². The van der Waals surface area contributed by atoms with Gasteiger partial charge in [0.2, 0.25) is 0 Å². The van der Waals surface area contributed by atoms with Crippen LogP contribution in [0.15, 0.2) is 0 Å². The summed E-state index contributed by atoms with van der Waals surface area (Å²) in [5.74, 6) is 1.35. The predicted octanol–water partition coefficient (Wildman–Crippen LogP) is 3.21. The summed E-state index contributed by atoms with van der Waals surface area (Å²) in [6.45, 7) is 3.44. The average Bonchev–Trinajstić information content (AvgIpc) is 2.96. The minimum atomic E-state index is 0.477. The molecular formula is C14H27NOS. The first kappa shape index (κ1) is 13.7. The van der Waals surface area contributed by atoms with Crippen molar-refractivity contribution in [2.75, 3.05) is 19.4 Å². The highest BCUT2D eigenvalue weighted by molar-refractivity contribution is 8.00. The van der Waals surface area contributed by atoms with E-state index in [1.54, 1.807) is 0 Å². The number of ether oxygens (including phenoxy) is 1. The van der Waals surface area contributed by atoms with Crippen molar-refractivity contribution in [3.8, 4) is 0 Å². The maximum absolute atomic E-state index is 5.69. The second kappa shape index (κ2) is 6.44. The van der Waals surface area contributed by atoms with Crippen LogP contribution in [-0.4, -0.2) is 36.3 Å². The Morgan fingerprint density at radius 1 is 1.47 bits per heavy atom. The summed E-state index contributed by atoms with van der Waals surface area (Å²) in [7, 11) is 2.13. The second-order valence-corrected chi connectivity index (χ2v) is 7.30. The van der Waals surface area contributed by atoms with Crippen molar-refractivity contribution in [2.45, 2.75) is 68.8 Å². The molecule has 0 aromatic heterocycles. The predicted molar refractivity (Wildman–Crippen MR) is 75.8 cm³/mol. The van der Waals surface area contributed by atoms with Crippen molar-refractivity contribution in [3.05, 3.63) is 0 Å². The topological polar surface area (TPSA) is 21.3 Å². The van der Waals surface area contributed by atoms with Crippen LogP contribution in [0.3, 0.4) is 0 Å². The molecule has 3 unspecified atom stereocenters. The molecule has 3 heteroatoms. The summed E-state index contributed by atoms with van der Waals surface area (Å²) < 4.78 is 6.17. The molecule has 0 saturated carbocycles. The lowest BCUT2D eigenvalue weighted by Gasteiger charge is -2.33. The van der Waals surface area contributed by atoms with Gasteiger partial charge in [-0.15, -0.1) is 0 Å². The number of hydrogen-bond acceptors (Lipinski definition) is 3. The van der Waals surface area contributed by atoms with Crippen LogP contribution in [0.2, 0.25) is 0 Å². The molecule has 0 amide bonds. The minimum absolute atomic E-state index is 0.477. The molecule has 2 heterocycles. The van der Waals surface area contributed by atoms with E-state index in [0.29, 0.717) is 16.9 Å². The summed E-state index contributed by atoms with van der Waals surface area (Å²) in [6, 6.07) is 0.677. The highest BCUT2D eigenvalue weighted by atomic mass is 32.2. The van der Waals surface area contributed by atoms with Gasteiger partial charge in [0.05, 0.1) is 6.10 Å². The van der Waals surface area contributed by atoms with Crippen molar-refractivity contribution in [1.82, 2.24) is 5.32 Å². The smallest absolute Gasteiger partial charge is 0.0576 e. The van der Waals surface area contributed by atoms with E-state index in [-0.39, 0.29) is 0 Å². The number of hydrogen-bond donors (Lipinski definition) is 1. The Kier molecular flexibility index (Phi) is 5.19. The number of thioether (sulfide) groups is 1. The Hall–Kier alpha value is 0.270. The summed E-state index contributed by atoms with van der Waals surface area (Å²) in [4.78, 5) is 0. The van der Waals surface area contributed by atoms with Crippen LogP contribution in [0.5, 0.6) is 0 Å². The lowest BCUT2D eigenvalue weighted by Crippen LogP contribution is -2.43. The van der Waals surface area contributed by atoms with Gasteiger partial charge in [0, 0.05) is 17.4 Å². The van der Waals surface area contributed by atoms with E-state index in [4.69, 9.17) is 4.74 Å². The maximum Gasteiger partial charge on any atom is 0.0576 e. The fraction of sp³-hybridized carbons (Fsp3) is 1.00. The van der Waals surface area contributed by atoms with Crippen molar-refractivity contribution in [1.29, 1.82) is 0 Å². The van der Waals surface area contributed by atoms with Crippen LogP contribution in [0, 0.1) is 0 Å². The van der Waals surface area contributed by atoms with Gasteiger partial charge in [-0.05, 0) is 64.7 Å². The van der Waals surface area contributed by atoms with Gasteiger partial charge in [-0.1, -0.05) is 0 Å². The van der Waals surface area contributed by atoms with Crippen molar-refractivity contribution in [3.63, 3.8) is 0 Å². The van der Waals surface area contributed by atoms with Gasteiger partial charge in [0.15, 0.2) is 0 Å². The molecule has 0 radical (unpaired) electrons. The first-order valence-electron chi connectivity index (χ1n) is 7.17. The van der Waals surface area contributed by atoms with Crippen molar-refractivity contribution in [2.24, 2.45) is 0 Å². The molecule has 0 aromatic rings. The Morgan fingerprint density at radius 3 is 2.94 bits per heavy atom. The number of nitrogens with one attached hydrogen (secondary N) is 1. The summed E-state index contributed by atoms with van der Waals surface area (Å²) in [6.07, 6.45) is 9.78. The molecule has 0 aliphatic carbocycles.